The number of hydrogen-bond acceptors (Lipinski definition) is 7. The van der Waals surface area contributed by atoms with E-state index in [2.05, 4.69) is 25.6 Å². The summed E-state index contributed by atoms with van der Waals surface area (Å²) in [5.74, 6) is 1.65. The summed E-state index contributed by atoms with van der Waals surface area (Å²) in [5.41, 5.74) is 8.96. The molecule has 0 atom stereocenters. The fourth-order valence-electron chi connectivity index (χ4n) is 2.25. The minimum absolute atomic E-state index is 0.0188. The molecule has 4 N–H and O–H groups in total. The molecule has 0 unspecified atom stereocenters. The number of carbonyl (C=O) groups excluding carboxylic acids is 1. The zero-order valence-corrected chi connectivity index (χ0v) is 13.9. The van der Waals surface area contributed by atoms with Gasteiger partial charge in [0.2, 0.25) is 0 Å². The maximum Gasteiger partial charge on any atom is 0.160 e. The number of Topliss-reactive ketones (excluding diaryl/α,β-unsaturated/α-hetero) is 1. The van der Waals surface area contributed by atoms with E-state index < -0.39 is 0 Å². The molecule has 25 heavy (non-hydrogen) atoms. The van der Waals surface area contributed by atoms with Gasteiger partial charge in [-0.15, -0.1) is 0 Å². The lowest BCUT2D eigenvalue weighted by Gasteiger charge is -2.13. The number of aryl methyl sites for hydroxylation is 1. The predicted molar refractivity (Wildman–Crippen MR) is 98.4 cm³/mol. The number of nitrogen functional groups attached to an aromatic ring is 1. The average molecular weight is 334 g/mol. The average Bonchev–Trinajstić information content (AvgIpc) is 2.61. The number of hydrogen-bond donors (Lipinski definition) is 3. The Kier molecular flexibility index (Phi) is 4.56. The van der Waals surface area contributed by atoms with Crippen molar-refractivity contribution in [3.8, 4) is 0 Å². The van der Waals surface area contributed by atoms with Crippen molar-refractivity contribution in [2.24, 2.45) is 0 Å². The summed E-state index contributed by atoms with van der Waals surface area (Å²) in [6.45, 7) is 3.48. The maximum absolute atomic E-state index is 11.3. The molecule has 3 aromatic rings. The van der Waals surface area contributed by atoms with Crippen LogP contribution in [0.2, 0.25) is 0 Å². The summed E-state index contributed by atoms with van der Waals surface area (Å²) in [6.07, 6.45) is 3.12. The van der Waals surface area contributed by atoms with Crippen LogP contribution in [0, 0.1) is 6.92 Å². The molecule has 0 aliphatic heterocycles. The van der Waals surface area contributed by atoms with Crippen molar-refractivity contribution in [1.29, 1.82) is 0 Å². The molecule has 0 radical (unpaired) electrons. The lowest BCUT2D eigenvalue weighted by molar-refractivity contribution is 0.101. The summed E-state index contributed by atoms with van der Waals surface area (Å²) < 4.78 is 0. The van der Waals surface area contributed by atoms with Crippen LogP contribution >= 0.6 is 0 Å². The van der Waals surface area contributed by atoms with Crippen molar-refractivity contribution in [2.45, 2.75) is 13.8 Å². The van der Waals surface area contributed by atoms with Gasteiger partial charge in [-0.05, 0) is 49.7 Å². The van der Waals surface area contributed by atoms with E-state index in [0.717, 1.165) is 11.3 Å². The second kappa shape index (κ2) is 6.96. The molecule has 0 saturated heterocycles. The molecule has 0 aliphatic rings. The van der Waals surface area contributed by atoms with Crippen LogP contribution in [0.15, 0.2) is 48.9 Å². The number of ketones is 1. The van der Waals surface area contributed by atoms with Crippen LogP contribution in [0.1, 0.15) is 22.8 Å². The van der Waals surface area contributed by atoms with Gasteiger partial charge in [0.25, 0.3) is 0 Å². The van der Waals surface area contributed by atoms with Crippen molar-refractivity contribution < 1.29 is 4.79 Å². The highest BCUT2D eigenvalue weighted by Crippen LogP contribution is 2.28. The van der Waals surface area contributed by atoms with Gasteiger partial charge in [0.1, 0.15) is 17.8 Å². The number of rotatable bonds is 5. The Balaban J connectivity index is 1.83. The smallest absolute Gasteiger partial charge is 0.160 e. The van der Waals surface area contributed by atoms with Crippen molar-refractivity contribution in [1.82, 2.24) is 15.0 Å². The Hall–Kier alpha value is -3.48. The Labute approximate surface area is 145 Å². The van der Waals surface area contributed by atoms with Gasteiger partial charge in [-0.25, -0.2) is 15.0 Å². The quantitative estimate of drug-likeness (QED) is 0.614. The van der Waals surface area contributed by atoms with Crippen LogP contribution in [-0.4, -0.2) is 20.7 Å². The molecule has 0 amide bonds. The minimum Gasteiger partial charge on any atom is -0.393 e. The van der Waals surface area contributed by atoms with E-state index in [0.29, 0.717) is 28.7 Å². The fraction of sp³-hybridized carbons (Fsp3) is 0.111. The van der Waals surface area contributed by atoms with Gasteiger partial charge in [0, 0.05) is 17.4 Å². The largest absolute Gasteiger partial charge is 0.393 e. The Morgan fingerprint density at radius 3 is 2.28 bits per heavy atom. The van der Waals surface area contributed by atoms with E-state index in [9.17, 15) is 4.79 Å². The van der Waals surface area contributed by atoms with Crippen LogP contribution in [-0.2, 0) is 0 Å². The van der Waals surface area contributed by atoms with Gasteiger partial charge in [-0.2, -0.15) is 0 Å². The highest BCUT2D eigenvalue weighted by molar-refractivity contribution is 5.94. The molecular weight excluding hydrogens is 316 g/mol. The number of carbonyl (C=O) groups is 1. The van der Waals surface area contributed by atoms with E-state index in [4.69, 9.17) is 5.73 Å². The van der Waals surface area contributed by atoms with Crippen LogP contribution in [0.25, 0.3) is 0 Å². The number of nitrogens with zero attached hydrogens (tertiary/aromatic N) is 3. The van der Waals surface area contributed by atoms with E-state index in [1.807, 2.05) is 19.1 Å². The topological polar surface area (TPSA) is 106 Å². The third-order valence-corrected chi connectivity index (χ3v) is 3.68. The SMILES string of the molecule is CC(=O)c1ccc(Nc2ncnc(Nc3ncccc3C)c2N)cc1. The van der Waals surface area contributed by atoms with Gasteiger partial charge in [-0.1, -0.05) is 6.07 Å². The second-order valence-corrected chi connectivity index (χ2v) is 5.54. The summed E-state index contributed by atoms with van der Waals surface area (Å²) in [7, 11) is 0. The predicted octanol–water partition coefficient (Wildman–Crippen LogP) is 3.45. The number of aromatic nitrogens is 3. The number of nitrogens with two attached hydrogens (primary N) is 1. The van der Waals surface area contributed by atoms with Gasteiger partial charge >= 0.3 is 0 Å². The molecule has 0 fully saturated rings. The highest BCUT2D eigenvalue weighted by Gasteiger charge is 2.10. The number of pyridine rings is 1. The molecule has 0 bridgehead atoms. The van der Waals surface area contributed by atoms with Gasteiger partial charge in [-0.3, -0.25) is 4.79 Å². The van der Waals surface area contributed by atoms with E-state index in [-0.39, 0.29) is 5.78 Å². The van der Waals surface area contributed by atoms with E-state index in [1.165, 1.54) is 13.3 Å². The van der Waals surface area contributed by atoms with E-state index >= 15 is 0 Å². The Bertz CT molecular complexity index is 908. The molecule has 1 aromatic carbocycles. The molecule has 2 aromatic heterocycles. The second-order valence-electron chi connectivity index (χ2n) is 5.54. The third kappa shape index (κ3) is 3.72. The number of benzene rings is 1. The number of anilines is 5. The van der Waals surface area contributed by atoms with E-state index in [1.54, 1.807) is 30.5 Å². The van der Waals surface area contributed by atoms with Crippen molar-refractivity contribution in [3.05, 3.63) is 60.0 Å². The van der Waals surface area contributed by atoms with Crippen molar-refractivity contribution in [3.63, 3.8) is 0 Å². The summed E-state index contributed by atoms with van der Waals surface area (Å²) in [6, 6.07) is 10.9. The molecule has 126 valence electrons. The summed E-state index contributed by atoms with van der Waals surface area (Å²) in [4.78, 5) is 24.0. The zero-order valence-electron chi connectivity index (χ0n) is 13.9. The first-order chi connectivity index (χ1) is 12.0. The fourth-order valence-corrected chi connectivity index (χ4v) is 2.25. The summed E-state index contributed by atoms with van der Waals surface area (Å²) in [5, 5.41) is 6.25. The monoisotopic (exact) mass is 334 g/mol. The van der Waals surface area contributed by atoms with Crippen molar-refractivity contribution in [2.75, 3.05) is 16.4 Å². The highest BCUT2D eigenvalue weighted by atomic mass is 16.1. The molecule has 0 saturated carbocycles. The van der Waals surface area contributed by atoms with Gasteiger partial charge < -0.3 is 16.4 Å². The van der Waals surface area contributed by atoms with Crippen LogP contribution in [0.5, 0.6) is 0 Å². The zero-order chi connectivity index (χ0) is 17.8. The van der Waals surface area contributed by atoms with Gasteiger partial charge in [0.15, 0.2) is 17.4 Å². The maximum atomic E-state index is 11.3. The summed E-state index contributed by atoms with van der Waals surface area (Å²) >= 11 is 0. The standard InChI is InChI=1S/C18H18N6O/c1-11-4-3-9-20-16(11)24-18-15(19)17(21-10-22-18)23-14-7-5-13(6-8-14)12(2)25/h3-10H,19H2,1-2H3,(H2,20,21,22,23,24). The first-order valence-electron chi connectivity index (χ1n) is 7.71. The third-order valence-electron chi connectivity index (χ3n) is 3.68. The van der Waals surface area contributed by atoms with Gasteiger partial charge in [0.05, 0.1) is 0 Å². The normalized spacial score (nSPS) is 10.3. The van der Waals surface area contributed by atoms with Crippen LogP contribution in [0.4, 0.5) is 28.8 Å². The van der Waals surface area contributed by atoms with Crippen LogP contribution in [0.3, 0.4) is 0 Å². The van der Waals surface area contributed by atoms with Crippen LogP contribution < -0.4 is 16.4 Å². The van der Waals surface area contributed by atoms with Crippen molar-refractivity contribution >= 4 is 34.6 Å². The lowest BCUT2D eigenvalue weighted by atomic mass is 10.1. The molecule has 7 heteroatoms. The molecular formula is C18H18N6O. The number of nitrogens with one attached hydrogen (secondary N) is 2. The Morgan fingerprint density at radius 1 is 0.960 bits per heavy atom. The Morgan fingerprint density at radius 2 is 1.64 bits per heavy atom. The molecule has 0 aliphatic carbocycles. The first kappa shape index (κ1) is 16.4. The molecule has 3 rings (SSSR count). The minimum atomic E-state index is 0.0188. The molecule has 2 heterocycles. The molecule has 0 spiro atoms. The first-order valence-corrected chi connectivity index (χ1v) is 7.71. The lowest BCUT2D eigenvalue weighted by Crippen LogP contribution is -2.06. The molecule has 7 nitrogen and oxygen atoms in total.